The van der Waals surface area contributed by atoms with Gasteiger partial charge in [-0.15, -0.1) is 0 Å². The molecule has 1 heterocycles. The van der Waals surface area contributed by atoms with E-state index in [1.54, 1.807) is 12.1 Å². The van der Waals surface area contributed by atoms with Gasteiger partial charge in [-0.25, -0.2) is 0 Å². The second-order valence-corrected chi connectivity index (χ2v) is 9.74. The molecule has 1 aliphatic rings. The lowest BCUT2D eigenvalue weighted by atomic mass is 9.76. The van der Waals surface area contributed by atoms with E-state index < -0.39 is 0 Å². The predicted octanol–water partition coefficient (Wildman–Crippen LogP) is 5.99. The molecule has 0 amide bonds. The zero-order chi connectivity index (χ0) is 23.9. The van der Waals surface area contributed by atoms with Gasteiger partial charge in [0.1, 0.15) is 0 Å². The van der Waals surface area contributed by atoms with Gasteiger partial charge in [0.25, 0.3) is 5.89 Å². The van der Waals surface area contributed by atoms with Crippen LogP contribution >= 0.6 is 0 Å². The fourth-order valence-corrected chi connectivity index (χ4v) is 5.04. The maximum absolute atomic E-state index is 12.6. The number of rotatable bonds is 9. The molecule has 0 radical (unpaired) electrons. The van der Waals surface area contributed by atoms with Crippen molar-refractivity contribution in [3.05, 3.63) is 89.1 Å². The number of aryl methyl sites for hydroxylation is 2. The summed E-state index contributed by atoms with van der Waals surface area (Å²) in [6.07, 6.45) is 11.2. The Morgan fingerprint density at radius 3 is 2.44 bits per heavy atom. The highest BCUT2D eigenvalue weighted by atomic mass is 16.5. The zero-order valence-corrected chi connectivity index (χ0v) is 20.5. The van der Waals surface area contributed by atoms with E-state index >= 15 is 0 Å². The minimum Gasteiger partial charge on any atom is -0.334 e. The molecule has 2 aromatic carbocycles. The van der Waals surface area contributed by atoms with E-state index in [1.807, 2.05) is 25.1 Å². The standard InChI is InChI=1S/C29H35N3O2/c1-21-9-15-25(16-10-21)28(33)29-30-27(34-31-29)20-14-23-11-17-24(18-12-23)26(32(2)3)19-13-22-7-5-4-6-8-22/h4-10,14-16,20,23-24,26H,11-13,17-19H2,1-3H3/b20-14+. The van der Waals surface area contributed by atoms with Gasteiger partial charge in [0.05, 0.1) is 0 Å². The first-order chi connectivity index (χ1) is 16.5. The highest BCUT2D eigenvalue weighted by molar-refractivity contribution is 6.06. The number of carbonyl (C=O) groups is 1. The number of nitrogens with zero attached hydrogens (tertiary/aromatic N) is 3. The van der Waals surface area contributed by atoms with Gasteiger partial charge in [0.2, 0.25) is 11.6 Å². The second-order valence-electron chi connectivity index (χ2n) is 9.74. The molecule has 0 saturated heterocycles. The van der Waals surface area contributed by atoms with Crippen molar-refractivity contribution >= 4 is 11.9 Å². The molecule has 1 aliphatic carbocycles. The topological polar surface area (TPSA) is 59.2 Å². The summed E-state index contributed by atoms with van der Waals surface area (Å²) in [5.41, 5.74) is 3.10. The van der Waals surface area contributed by atoms with Gasteiger partial charge in [0, 0.05) is 11.6 Å². The molecule has 4 rings (SSSR count). The van der Waals surface area contributed by atoms with Gasteiger partial charge in [-0.3, -0.25) is 4.79 Å². The molecule has 1 saturated carbocycles. The molecule has 5 heteroatoms. The Morgan fingerprint density at radius 1 is 1.06 bits per heavy atom. The summed E-state index contributed by atoms with van der Waals surface area (Å²) < 4.78 is 5.31. The van der Waals surface area contributed by atoms with Crippen molar-refractivity contribution in [3.63, 3.8) is 0 Å². The highest BCUT2D eigenvalue weighted by Crippen LogP contribution is 2.34. The van der Waals surface area contributed by atoms with Gasteiger partial charge in [-0.05, 0) is 83.0 Å². The Morgan fingerprint density at radius 2 is 1.76 bits per heavy atom. The van der Waals surface area contributed by atoms with E-state index in [9.17, 15) is 4.79 Å². The van der Waals surface area contributed by atoms with Crippen molar-refractivity contribution in [1.29, 1.82) is 0 Å². The van der Waals surface area contributed by atoms with Crippen LogP contribution in [0.4, 0.5) is 0 Å². The quantitative estimate of drug-likeness (QED) is 0.369. The number of aromatic nitrogens is 2. The van der Waals surface area contributed by atoms with Crippen LogP contribution in [0.15, 0.2) is 65.2 Å². The number of hydrogen-bond donors (Lipinski definition) is 0. The van der Waals surface area contributed by atoms with Gasteiger partial charge in [0.15, 0.2) is 0 Å². The third-order valence-corrected chi connectivity index (χ3v) is 7.07. The summed E-state index contributed by atoms with van der Waals surface area (Å²) >= 11 is 0. The first kappa shape index (κ1) is 24.1. The predicted molar refractivity (Wildman–Crippen MR) is 136 cm³/mol. The number of benzene rings is 2. The lowest BCUT2D eigenvalue weighted by Crippen LogP contribution is -2.37. The average molecular weight is 458 g/mol. The van der Waals surface area contributed by atoms with Gasteiger partial charge in [-0.2, -0.15) is 4.98 Å². The SMILES string of the molecule is Cc1ccc(C(=O)c2noc(/C=C/C3CCC(C(CCc4ccccc4)N(C)C)CC3)n2)cc1. The minimum absolute atomic E-state index is 0.111. The van der Waals surface area contributed by atoms with Crippen molar-refractivity contribution in [2.45, 2.75) is 51.5 Å². The summed E-state index contributed by atoms with van der Waals surface area (Å²) in [4.78, 5) is 19.3. The summed E-state index contributed by atoms with van der Waals surface area (Å²) in [5, 5.41) is 3.89. The molecule has 0 spiro atoms. The lowest BCUT2D eigenvalue weighted by molar-refractivity contribution is 0.102. The number of hydrogen-bond acceptors (Lipinski definition) is 5. The normalized spacial score (nSPS) is 19.5. The number of ketones is 1. The third-order valence-electron chi connectivity index (χ3n) is 7.07. The molecule has 0 bridgehead atoms. The van der Waals surface area contributed by atoms with Crippen LogP contribution in [0.5, 0.6) is 0 Å². The number of allylic oxidation sites excluding steroid dienone is 1. The van der Waals surface area contributed by atoms with Crippen LogP contribution in [0.25, 0.3) is 6.08 Å². The molecular formula is C29H35N3O2. The van der Waals surface area contributed by atoms with E-state index in [1.165, 1.54) is 37.7 Å². The van der Waals surface area contributed by atoms with Crippen molar-refractivity contribution in [1.82, 2.24) is 15.0 Å². The van der Waals surface area contributed by atoms with E-state index in [0.29, 0.717) is 23.4 Å². The van der Waals surface area contributed by atoms with Gasteiger partial charge < -0.3 is 9.42 Å². The fraction of sp³-hybridized carbons (Fsp3) is 0.414. The van der Waals surface area contributed by atoms with E-state index in [-0.39, 0.29) is 11.6 Å². The first-order valence-corrected chi connectivity index (χ1v) is 12.3. The molecule has 34 heavy (non-hydrogen) atoms. The fourth-order valence-electron chi connectivity index (χ4n) is 5.04. The largest absolute Gasteiger partial charge is 0.334 e. The van der Waals surface area contributed by atoms with Crippen LogP contribution in [0.1, 0.15) is 65.3 Å². The average Bonchev–Trinajstić information content (AvgIpc) is 3.33. The molecule has 1 atom stereocenters. The summed E-state index contributed by atoms with van der Waals surface area (Å²) in [5.74, 6) is 1.53. The number of carbonyl (C=O) groups excluding carboxylic acids is 1. The van der Waals surface area contributed by atoms with Crippen LogP contribution < -0.4 is 0 Å². The summed E-state index contributed by atoms with van der Waals surface area (Å²) in [6.45, 7) is 1.99. The molecule has 1 fully saturated rings. The maximum Gasteiger partial charge on any atom is 0.250 e. The lowest BCUT2D eigenvalue weighted by Gasteiger charge is -2.37. The zero-order valence-electron chi connectivity index (χ0n) is 20.5. The monoisotopic (exact) mass is 457 g/mol. The minimum atomic E-state index is -0.214. The first-order valence-electron chi connectivity index (χ1n) is 12.3. The Kier molecular flexibility index (Phi) is 8.07. The molecule has 3 aromatic rings. The van der Waals surface area contributed by atoms with Gasteiger partial charge in [-0.1, -0.05) is 71.4 Å². The Hall–Kier alpha value is -3.05. The molecular weight excluding hydrogens is 422 g/mol. The van der Waals surface area contributed by atoms with Crippen molar-refractivity contribution in [3.8, 4) is 0 Å². The molecule has 0 N–H and O–H groups in total. The van der Waals surface area contributed by atoms with Crippen molar-refractivity contribution in [2.24, 2.45) is 11.8 Å². The third kappa shape index (κ3) is 6.29. The highest BCUT2D eigenvalue weighted by Gasteiger charge is 2.28. The molecule has 5 nitrogen and oxygen atoms in total. The summed E-state index contributed by atoms with van der Waals surface area (Å²) in [6, 6.07) is 18.8. The van der Waals surface area contributed by atoms with E-state index in [4.69, 9.17) is 4.52 Å². The Bertz CT molecular complexity index is 1080. The molecule has 178 valence electrons. The molecule has 0 aliphatic heterocycles. The van der Waals surface area contributed by atoms with Crippen LogP contribution in [-0.4, -0.2) is 41.0 Å². The van der Waals surface area contributed by atoms with E-state index in [0.717, 1.165) is 17.9 Å². The van der Waals surface area contributed by atoms with E-state index in [2.05, 4.69) is 65.5 Å². The van der Waals surface area contributed by atoms with Crippen LogP contribution in [0, 0.1) is 18.8 Å². The second kappa shape index (κ2) is 11.4. The van der Waals surface area contributed by atoms with Crippen molar-refractivity contribution < 1.29 is 9.32 Å². The Balaban J connectivity index is 1.29. The van der Waals surface area contributed by atoms with Gasteiger partial charge >= 0.3 is 0 Å². The summed E-state index contributed by atoms with van der Waals surface area (Å²) in [7, 11) is 4.43. The van der Waals surface area contributed by atoms with Crippen LogP contribution in [-0.2, 0) is 6.42 Å². The maximum atomic E-state index is 12.6. The Labute approximate surface area is 202 Å². The van der Waals surface area contributed by atoms with Crippen LogP contribution in [0.2, 0.25) is 0 Å². The van der Waals surface area contributed by atoms with Crippen LogP contribution in [0.3, 0.4) is 0 Å². The molecule has 1 unspecified atom stereocenters. The smallest absolute Gasteiger partial charge is 0.250 e. The molecule has 1 aromatic heterocycles. The van der Waals surface area contributed by atoms with Crippen molar-refractivity contribution in [2.75, 3.05) is 14.1 Å².